The number of para-hydroxylation sites is 1. The van der Waals surface area contributed by atoms with Crippen molar-refractivity contribution in [3.63, 3.8) is 0 Å². The van der Waals surface area contributed by atoms with E-state index in [4.69, 9.17) is 11.6 Å². The highest BCUT2D eigenvalue weighted by Crippen LogP contribution is 2.36. The number of hydrogen-bond donors (Lipinski definition) is 1. The summed E-state index contributed by atoms with van der Waals surface area (Å²) < 4.78 is 0. The first-order valence-electron chi connectivity index (χ1n) is 7.56. The van der Waals surface area contributed by atoms with Crippen LogP contribution in [-0.4, -0.2) is 5.91 Å². The zero-order valence-electron chi connectivity index (χ0n) is 12.9. The van der Waals surface area contributed by atoms with Gasteiger partial charge in [0.25, 0.3) is 0 Å². The van der Waals surface area contributed by atoms with Gasteiger partial charge in [-0.3, -0.25) is 4.79 Å². The lowest BCUT2D eigenvalue weighted by Crippen LogP contribution is -2.19. The molecule has 0 bridgehead atoms. The van der Waals surface area contributed by atoms with Gasteiger partial charge in [0.05, 0.1) is 10.7 Å². The lowest BCUT2D eigenvalue weighted by atomic mass is 10.1. The quantitative estimate of drug-likeness (QED) is 0.586. The predicted octanol–water partition coefficient (Wildman–Crippen LogP) is 5.81. The highest BCUT2D eigenvalue weighted by atomic mass is 35.5. The molecule has 0 spiro atoms. The first-order chi connectivity index (χ1) is 11.7. The molecule has 3 aromatic carbocycles. The van der Waals surface area contributed by atoms with Gasteiger partial charge in [0, 0.05) is 4.90 Å². The molecule has 24 heavy (non-hydrogen) atoms. The molecule has 0 saturated heterocycles. The molecule has 1 unspecified atom stereocenters. The van der Waals surface area contributed by atoms with Crippen LogP contribution in [0.25, 0.3) is 0 Å². The van der Waals surface area contributed by atoms with Crippen LogP contribution in [0.1, 0.15) is 10.8 Å². The standard InChI is InChI=1S/C20H16ClNOS/c21-17-13-7-8-14-18(17)22-20(23)19(15-9-3-1-4-10-15)24-16-11-5-2-6-12-16/h1-14,19H,(H,22,23). The fourth-order valence-corrected chi connectivity index (χ4v) is 3.53. The lowest BCUT2D eigenvalue weighted by Gasteiger charge is -2.17. The van der Waals surface area contributed by atoms with Gasteiger partial charge in [-0.05, 0) is 29.8 Å². The Morgan fingerprint density at radius 2 is 1.42 bits per heavy atom. The Morgan fingerprint density at radius 1 is 0.833 bits per heavy atom. The third kappa shape index (κ3) is 4.19. The summed E-state index contributed by atoms with van der Waals surface area (Å²) in [5, 5.41) is 3.11. The van der Waals surface area contributed by atoms with Crippen LogP contribution in [0.5, 0.6) is 0 Å². The maximum Gasteiger partial charge on any atom is 0.242 e. The van der Waals surface area contributed by atoms with Crippen molar-refractivity contribution in [2.45, 2.75) is 10.1 Å². The third-order valence-corrected chi connectivity index (χ3v) is 5.07. The van der Waals surface area contributed by atoms with E-state index in [1.807, 2.05) is 72.8 Å². The van der Waals surface area contributed by atoms with E-state index in [-0.39, 0.29) is 11.2 Å². The predicted molar refractivity (Wildman–Crippen MR) is 102 cm³/mol. The van der Waals surface area contributed by atoms with Gasteiger partial charge in [-0.15, -0.1) is 11.8 Å². The zero-order valence-corrected chi connectivity index (χ0v) is 14.4. The van der Waals surface area contributed by atoms with Gasteiger partial charge in [-0.25, -0.2) is 0 Å². The van der Waals surface area contributed by atoms with E-state index in [1.165, 1.54) is 11.8 Å². The minimum atomic E-state index is -0.357. The molecule has 0 radical (unpaired) electrons. The first kappa shape index (κ1) is 16.6. The summed E-state index contributed by atoms with van der Waals surface area (Å²) in [7, 11) is 0. The van der Waals surface area contributed by atoms with Crippen LogP contribution in [0, 0.1) is 0 Å². The van der Waals surface area contributed by atoms with E-state index >= 15 is 0 Å². The second-order valence-corrected chi connectivity index (χ2v) is 6.78. The Bertz CT molecular complexity index is 808. The maximum atomic E-state index is 12.9. The summed E-state index contributed by atoms with van der Waals surface area (Å²) >= 11 is 7.68. The van der Waals surface area contributed by atoms with Crippen molar-refractivity contribution in [3.05, 3.63) is 95.5 Å². The molecular weight excluding hydrogens is 338 g/mol. The number of hydrogen-bond acceptors (Lipinski definition) is 2. The summed E-state index contributed by atoms with van der Waals surface area (Å²) in [4.78, 5) is 13.9. The molecule has 1 atom stereocenters. The zero-order chi connectivity index (χ0) is 16.8. The molecule has 0 saturated carbocycles. The van der Waals surface area contributed by atoms with Crippen LogP contribution in [0.15, 0.2) is 89.8 Å². The van der Waals surface area contributed by atoms with E-state index in [1.54, 1.807) is 12.1 Å². The summed E-state index contributed by atoms with van der Waals surface area (Å²) in [5.74, 6) is -0.0943. The van der Waals surface area contributed by atoms with Crippen LogP contribution in [-0.2, 0) is 4.79 Å². The molecule has 3 aromatic rings. The van der Waals surface area contributed by atoms with E-state index in [0.717, 1.165) is 10.5 Å². The number of carbonyl (C=O) groups excluding carboxylic acids is 1. The molecule has 0 aliphatic carbocycles. The van der Waals surface area contributed by atoms with Crippen molar-refractivity contribution in [2.75, 3.05) is 5.32 Å². The molecule has 4 heteroatoms. The number of rotatable bonds is 5. The minimum Gasteiger partial charge on any atom is -0.323 e. The van der Waals surface area contributed by atoms with Gasteiger partial charge in [0.1, 0.15) is 5.25 Å². The van der Waals surface area contributed by atoms with E-state index in [0.29, 0.717) is 10.7 Å². The Morgan fingerprint density at radius 3 is 2.08 bits per heavy atom. The summed E-state index contributed by atoms with van der Waals surface area (Å²) in [5.41, 5.74) is 1.58. The van der Waals surface area contributed by atoms with E-state index in [2.05, 4.69) is 5.32 Å². The second-order valence-electron chi connectivity index (χ2n) is 5.19. The van der Waals surface area contributed by atoms with Crippen LogP contribution < -0.4 is 5.32 Å². The van der Waals surface area contributed by atoms with Crippen LogP contribution in [0.2, 0.25) is 5.02 Å². The molecular formula is C20H16ClNOS. The van der Waals surface area contributed by atoms with Gasteiger partial charge in [0.15, 0.2) is 0 Å². The molecule has 0 aliphatic rings. The Balaban J connectivity index is 1.87. The average Bonchev–Trinajstić information content (AvgIpc) is 2.63. The first-order valence-corrected chi connectivity index (χ1v) is 8.82. The SMILES string of the molecule is O=C(Nc1ccccc1Cl)C(Sc1ccccc1)c1ccccc1. The van der Waals surface area contributed by atoms with Crippen molar-refractivity contribution in [1.29, 1.82) is 0 Å². The Labute approximate surface area is 150 Å². The third-order valence-electron chi connectivity index (χ3n) is 3.47. The summed E-state index contributed by atoms with van der Waals surface area (Å²) in [6.07, 6.45) is 0. The fourth-order valence-electron chi connectivity index (χ4n) is 2.30. The van der Waals surface area contributed by atoms with Crippen molar-refractivity contribution >= 4 is 35.0 Å². The van der Waals surface area contributed by atoms with Crippen LogP contribution in [0.3, 0.4) is 0 Å². The largest absolute Gasteiger partial charge is 0.323 e. The molecule has 2 nitrogen and oxygen atoms in total. The van der Waals surface area contributed by atoms with Gasteiger partial charge in [-0.2, -0.15) is 0 Å². The summed E-state index contributed by atoms with van der Waals surface area (Å²) in [6, 6.07) is 26.9. The van der Waals surface area contributed by atoms with Gasteiger partial charge < -0.3 is 5.32 Å². The number of anilines is 1. The molecule has 3 rings (SSSR count). The van der Waals surface area contributed by atoms with E-state index < -0.39 is 0 Å². The number of thioether (sulfide) groups is 1. The number of amides is 1. The van der Waals surface area contributed by atoms with Crippen molar-refractivity contribution in [3.8, 4) is 0 Å². The number of halogens is 1. The molecule has 0 aromatic heterocycles. The molecule has 120 valence electrons. The average molecular weight is 354 g/mol. The van der Waals surface area contributed by atoms with Gasteiger partial charge >= 0.3 is 0 Å². The maximum absolute atomic E-state index is 12.9. The molecule has 0 heterocycles. The lowest BCUT2D eigenvalue weighted by molar-refractivity contribution is -0.115. The minimum absolute atomic E-state index is 0.0943. The molecule has 1 N–H and O–H groups in total. The highest BCUT2D eigenvalue weighted by Gasteiger charge is 2.22. The second kappa shape index (κ2) is 8.04. The molecule has 0 aliphatic heterocycles. The van der Waals surface area contributed by atoms with Crippen molar-refractivity contribution in [2.24, 2.45) is 0 Å². The van der Waals surface area contributed by atoms with Crippen molar-refractivity contribution < 1.29 is 4.79 Å². The normalized spacial score (nSPS) is 11.7. The molecule has 0 fully saturated rings. The number of nitrogens with one attached hydrogen (secondary N) is 1. The van der Waals surface area contributed by atoms with Crippen LogP contribution >= 0.6 is 23.4 Å². The monoisotopic (exact) mass is 353 g/mol. The van der Waals surface area contributed by atoms with Crippen LogP contribution in [0.4, 0.5) is 5.69 Å². The molecule has 1 amide bonds. The Hall–Kier alpha value is -2.23. The van der Waals surface area contributed by atoms with Gasteiger partial charge in [-0.1, -0.05) is 72.3 Å². The Kier molecular flexibility index (Phi) is 5.57. The summed E-state index contributed by atoms with van der Waals surface area (Å²) in [6.45, 7) is 0. The smallest absolute Gasteiger partial charge is 0.242 e. The number of carbonyl (C=O) groups is 1. The van der Waals surface area contributed by atoms with Gasteiger partial charge in [0.2, 0.25) is 5.91 Å². The van der Waals surface area contributed by atoms with E-state index in [9.17, 15) is 4.79 Å². The highest BCUT2D eigenvalue weighted by molar-refractivity contribution is 8.00. The topological polar surface area (TPSA) is 29.1 Å². The fraction of sp³-hybridized carbons (Fsp3) is 0.0500. The van der Waals surface area contributed by atoms with Crippen molar-refractivity contribution in [1.82, 2.24) is 0 Å². The number of benzene rings is 3.